The average Bonchev–Trinajstić information content (AvgIpc) is 2.45. The number of anilines is 4. The van der Waals surface area contributed by atoms with Gasteiger partial charge < -0.3 is 16.4 Å². The molecule has 1 atom stereocenters. The molecule has 2 aromatic rings. The van der Waals surface area contributed by atoms with Gasteiger partial charge in [-0.05, 0) is 60.2 Å². The lowest BCUT2D eigenvalue weighted by molar-refractivity contribution is 0.759. The number of nitrogens with one attached hydrogen (secondary N) is 2. The molecule has 0 saturated carbocycles. The number of hydrogen-bond acceptors (Lipinski definition) is 5. The monoisotopic (exact) mass is 383 g/mol. The molecule has 5 nitrogen and oxygen atoms in total. The van der Waals surface area contributed by atoms with E-state index in [0.717, 1.165) is 12.1 Å². The van der Waals surface area contributed by atoms with E-state index in [9.17, 15) is 0 Å². The van der Waals surface area contributed by atoms with Gasteiger partial charge in [-0.15, -0.1) is 0 Å². The van der Waals surface area contributed by atoms with Crippen molar-refractivity contribution < 1.29 is 0 Å². The van der Waals surface area contributed by atoms with Gasteiger partial charge >= 0.3 is 0 Å². The van der Waals surface area contributed by atoms with Crippen molar-refractivity contribution in [1.82, 2.24) is 9.97 Å². The minimum absolute atomic E-state index is 0.318. The highest BCUT2D eigenvalue weighted by Gasteiger charge is 2.10. The smallest absolute Gasteiger partial charge is 0.159 e. The first-order valence-electron chi connectivity index (χ1n) is 6.49. The summed E-state index contributed by atoms with van der Waals surface area (Å²) >= 11 is 2.27. The van der Waals surface area contributed by atoms with Gasteiger partial charge in [0.05, 0.1) is 0 Å². The summed E-state index contributed by atoms with van der Waals surface area (Å²) in [7, 11) is 0. The molecule has 2 rings (SSSR count). The van der Waals surface area contributed by atoms with Crippen LogP contribution in [0.1, 0.15) is 20.3 Å². The van der Waals surface area contributed by atoms with Gasteiger partial charge in [-0.1, -0.05) is 6.92 Å². The summed E-state index contributed by atoms with van der Waals surface area (Å²) in [5, 5.41) is 6.49. The van der Waals surface area contributed by atoms with Crippen LogP contribution < -0.4 is 16.4 Å². The highest BCUT2D eigenvalue weighted by atomic mass is 127. The van der Waals surface area contributed by atoms with Crippen molar-refractivity contribution in [1.29, 1.82) is 0 Å². The number of hydrogen-bond donors (Lipinski definition) is 3. The predicted octanol–water partition coefficient (Wildman–Crippen LogP) is 3.62. The number of nitrogen functional groups attached to an aromatic ring is 1. The third-order valence-electron chi connectivity index (χ3n) is 2.99. The average molecular weight is 383 g/mol. The standard InChI is InChI=1S/C14H18IN5/c1-3-9(2)19-13-12(16)14(18-8-17-13)20-11-6-4-10(15)5-7-11/h4-9H,3,16H2,1-2H3,(H2,17,18,19,20). The predicted molar refractivity (Wildman–Crippen MR) is 92.3 cm³/mol. The van der Waals surface area contributed by atoms with Gasteiger partial charge in [0.15, 0.2) is 11.6 Å². The van der Waals surface area contributed by atoms with Gasteiger partial charge in [0, 0.05) is 15.3 Å². The Kier molecular flexibility index (Phi) is 4.99. The van der Waals surface area contributed by atoms with Gasteiger partial charge in [0.1, 0.15) is 12.0 Å². The molecule has 1 unspecified atom stereocenters. The normalized spacial score (nSPS) is 11.9. The van der Waals surface area contributed by atoms with Crippen LogP contribution in [0, 0.1) is 3.57 Å². The number of aromatic nitrogens is 2. The molecule has 0 spiro atoms. The van der Waals surface area contributed by atoms with Crippen LogP contribution in [0.15, 0.2) is 30.6 Å². The minimum atomic E-state index is 0.318. The highest BCUT2D eigenvalue weighted by molar-refractivity contribution is 14.1. The van der Waals surface area contributed by atoms with Crippen molar-refractivity contribution in [3.8, 4) is 0 Å². The molecule has 0 amide bonds. The Bertz CT molecular complexity index is 570. The first-order valence-corrected chi connectivity index (χ1v) is 7.57. The van der Waals surface area contributed by atoms with E-state index in [1.165, 1.54) is 9.90 Å². The molecule has 0 aliphatic heterocycles. The Labute approximate surface area is 132 Å². The van der Waals surface area contributed by atoms with E-state index in [2.05, 4.69) is 57.0 Å². The lowest BCUT2D eigenvalue weighted by Crippen LogP contribution is -2.16. The van der Waals surface area contributed by atoms with E-state index in [-0.39, 0.29) is 0 Å². The minimum Gasteiger partial charge on any atom is -0.393 e. The van der Waals surface area contributed by atoms with Crippen molar-refractivity contribution in [2.75, 3.05) is 16.4 Å². The highest BCUT2D eigenvalue weighted by Crippen LogP contribution is 2.26. The van der Waals surface area contributed by atoms with Crippen LogP contribution in [0.3, 0.4) is 0 Å². The van der Waals surface area contributed by atoms with Crippen molar-refractivity contribution in [2.45, 2.75) is 26.3 Å². The van der Waals surface area contributed by atoms with Gasteiger partial charge in [-0.25, -0.2) is 9.97 Å². The van der Waals surface area contributed by atoms with Crippen molar-refractivity contribution in [2.24, 2.45) is 0 Å². The Balaban J connectivity index is 2.20. The van der Waals surface area contributed by atoms with E-state index in [0.29, 0.717) is 23.4 Å². The molecule has 6 heteroatoms. The number of nitrogens with two attached hydrogens (primary N) is 1. The summed E-state index contributed by atoms with van der Waals surface area (Å²) in [6, 6.07) is 8.35. The van der Waals surface area contributed by atoms with Crippen molar-refractivity contribution in [3.05, 3.63) is 34.2 Å². The Hall–Kier alpha value is -1.57. The summed E-state index contributed by atoms with van der Waals surface area (Å²) in [4.78, 5) is 8.39. The van der Waals surface area contributed by atoms with Crippen molar-refractivity contribution in [3.63, 3.8) is 0 Å². The number of nitrogens with zero attached hydrogens (tertiary/aromatic N) is 2. The lowest BCUT2D eigenvalue weighted by atomic mass is 10.2. The Morgan fingerprint density at radius 3 is 2.50 bits per heavy atom. The topological polar surface area (TPSA) is 75.9 Å². The van der Waals surface area contributed by atoms with Gasteiger partial charge in [-0.3, -0.25) is 0 Å². The zero-order valence-corrected chi connectivity index (χ0v) is 13.7. The molecule has 0 fully saturated rings. The molecule has 1 aromatic carbocycles. The van der Waals surface area contributed by atoms with E-state index >= 15 is 0 Å². The van der Waals surface area contributed by atoms with Crippen molar-refractivity contribution >= 4 is 45.6 Å². The molecule has 1 aromatic heterocycles. The number of rotatable bonds is 5. The maximum absolute atomic E-state index is 6.11. The fourth-order valence-corrected chi connectivity index (χ4v) is 1.98. The number of halogens is 1. The lowest BCUT2D eigenvalue weighted by Gasteiger charge is -2.16. The number of benzene rings is 1. The zero-order chi connectivity index (χ0) is 14.5. The molecule has 0 aliphatic carbocycles. The summed E-state index contributed by atoms with van der Waals surface area (Å²) in [6.07, 6.45) is 2.51. The molecule has 0 bridgehead atoms. The van der Waals surface area contributed by atoms with Crippen LogP contribution in [0.5, 0.6) is 0 Å². The van der Waals surface area contributed by atoms with Gasteiger partial charge in [0.2, 0.25) is 0 Å². The first-order chi connectivity index (χ1) is 9.60. The van der Waals surface area contributed by atoms with Crippen LogP contribution in [0.2, 0.25) is 0 Å². The maximum Gasteiger partial charge on any atom is 0.159 e. The third kappa shape index (κ3) is 3.72. The molecule has 106 valence electrons. The van der Waals surface area contributed by atoms with Crippen LogP contribution in [-0.4, -0.2) is 16.0 Å². The summed E-state index contributed by atoms with van der Waals surface area (Å²) in [5.41, 5.74) is 7.60. The van der Waals surface area contributed by atoms with E-state index in [1.807, 2.05) is 24.3 Å². The molecular weight excluding hydrogens is 365 g/mol. The molecule has 4 N–H and O–H groups in total. The molecule has 0 saturated heterocycles. The van der Waals surface area contributed by atoms with E-state index in [1.54, 1.807) is 0 Å². The van der Waals surface area contributed by atoms with Crippen LogP contribution >= 0.6 is 22.6 Å². The molecule has 0 radical (unpaired) electrons. The second-order valence-electron chi connectivity index (χ2n) is 4.57. The largest absolute Gasteiger partial charge is 0.393 e. The fraction of sp³-hybridized carbons (Fsp3) is 0.286. The Morgan fingerprint density at radius 2 is 1.85 bits per heavy atom. The third-order valence-corrected chi connectivity index (χ3v) is 3.71. The van der Waals surface area contributed by atoms with Crippen LogP contribution in [0.25, 0.3) is 0 Å². The second kappa shape index (κ2) is 6.74. The molecule has 20 heavy (non-hydrogen) atoms. The summed E-state index contributed by atoms with van der Waals surface area (Å²) < 4.78 is 1.18. The van der Waals surface area contributed by atoms with E-state index < -0.39 is 0 Å². The first kappa shape index (κ1) is 14.8. The van der Waals surface area contributed by atoms with Crippen LogP contribution in [-0.2, 0) is 0 Å². The van der Waals surface area contributed by atoms with Gasteiger partial charge in [-0.2, -0.15) is 0 Å². The molecule has 1 heterocycles. The molecule has 0 aliphatic rings. The second-order valence-corrected chi connectivity index (χ2v) is 5.82. The van der Waals surface area contributed by atoms with Crippen LogP contribution in [0.4, 0.5) is 23.0 Å². The fourth-order valence-electron chi connectivity index (χ4n) is 1.62. The maximum atomic E-state index is 6.11. The quantitative estimate of drug-likeness (QED) is 0.688. The van der Waals surface area contributed by atoms with E-state index in [4.69, 9.17) is 5.73 Å². The SMILES string of the molecule is CCC(C)Nc1ncnc(Nc2ccc(I)cc2)c1N. The van der Waals surface area contributed by atoms with Gasteiger partial charge in [0.25, 0.3) is 0 Å². The summed E-state index contributed by atoms with van der Waals surface area (Å²) in [6.45, 7) is 4.20. The Morgan fingerprint density at radius 1 is 1.20 bits per heavy atom. The summed E-state index contributed by atoms with van der Waals surface area (Å²) in [5.74, 6) is 1.29. The zero-order valence-electron chi connectivity index (χ0n) is 11.5. The molecular formula is C14H18IN5.